The number of pyridine rings is 1. The molecule has 0 radical (unpaired) electrons. The van der Waals surface area contributed by atoms with Crippen molar-refractivity contribution >= 4 is 22.4 Å². The van der Waals surface area contributed by atoms with E-state index in [9.17, 15) is 0 Å². The summed E-state index contributed by atoms with van der Waals surface area (Å²) < 4.78 is 0. The van der Waals surface area contributed by atoms with Gasteiger partial charge in [-0.25, -0.2) is 0 Å². The molecule has 2 aromatic carbocycles. The molecule has 106 valence electrons. The molecule has 1 N–H and O–H groups in total. The van der Waals surface area contributed by atoms with Gasteiger partial charge < -0.3 is 5.32 Å². The van der Waals surface area contributed by atoms with Gasteiger partial charge in [-0.1, -0.05) is 41.9 Å². The highest BCUT2D eigenvalue weighted by Crippen LogP contribution is 2.26. The Labute approximate surface area is 129 Å². The predicted molar refractivity (Wildman–Crippen MR) is 88.7 cm³/mol. The van der Waals surface area contributed by atoms with Crippen molar-refractivity contribution in [3.8, 4) is 0 Å². The third kappa shape index (κ3) is 3.07. The van der Waals surface area contributed by atoms with E-state index in [1.807, 2.05) is 31.6 Å². The number of benzene rings is 2. The number of aromatic nitrogens is 1. The fraction of sp³-hybridized carbons (Fsp3) is 0.167. The van der Waals surface area contributed by atoms with Crippen molar-refractivity contribution in [3.05, 3.63) is 77.1 Å². The first-order valence-electron chi connectivity index (χ1n) is 7.02. The summed E-state index contributed by atoms with van der Waals surface area (Å²) in [6, 6.07) is 16.8. The molecule has 1 unspecified atom stereocenters. The van der Waals surface area contributed by atoms with Crippen molar-refractivity contribution in [3.63, 3.8) is 0 Å². The minimum Gasteiger partial charge on any atom is -0.313 e. The van der Waals surface area contributed by atoms with Gasteiger partial charge in [-0.15, -0.1) is 0 Å². The normalized spacial score (nSPS) is 12.5. The van der Waals surface area contributed by atoms with Crippen LogP contribution in [0.2, 0.25) is 5.02 Å². The Morgan fingerprint density at radius 1 is 1.10 bits per heavy atom. The van der Waals surface area contributed by atoms with Gasteiger partial charge in [0.15, 0.2) is 0 Å². The minimum absolute atomic E-state index is 0.261. The van der Waals surface area contributed by atoms with Crippen molar-refractivity contribution < 1.29 is 0 Å². The zero-order valence-electron chi connectivity index (χ0n) is 11.9. The van der Waals surface area contributed by atoms with Gasteiger partial charge in [0.2, 0.25) is 0 Å². The number of halogens is 1. The molecule has 1 atom stereocenters. The maximum absolute atomic E-state index is 5.95. The topological polar surface area (TPSA) is 24.9 Å². The zero-order valence-corrected chi connectivity index (χ0v) is 12.6. The second kappa shape index (κ2) is 6.25. The van der Waals surface area contributed by atoms with Crippen LogP contribution in [0, 0.1) is 0 Å². The second-order valence-corrected chi connectivity index (χ2v) is 5.55. The Kier molecular flexibility index (Phi) is 4.18. The lowest BCUT2D eigenvalue weighted by Gasteiger charge is -2.19. The molecule has 3 rings (SSSR count). The molecule has 1 aromatic heterocycles. The predicted octanol–water partition coefficient (Wildman–Crippen LogP) is 4.39. The van der Waals surface area contributed by atoms with Crippen LogP contribution in [0.15, 0.2) is 60.9 Å². The SMILES string of the molecule is CNC(Cc1ccc(Cl)cc1)c1cccc2cnccc12. The third-order valence-electron chi connectivity index (χ3n) is 3.79. The minimum atomic E-state index is 0.261. The smallest absolute Gasteiger partial charge is 0.0406 e. The highest BCUT2D eigenvalue weighted by atomic mass is 35.5. The highest BCUT2D eigenvalue weighted by molar-refractivity contribution is 6.30. The van der Waals surface area contributed by atoms with E-state index in [-0.39, 0.29) is 6.04 Å². The summed E-state index contributed by atoms with van der Waals surface area (Å²) in [5, 5.41) is 6.62. The first-order chi connectivity index (χ1) is 10.3. The van der Waals surface area contributed by atoms with Crippen LogP contribution in [0.1, 0.15) is 17.2 Å². The van der Waals surface area contributed by atoms with Crippen LogP contribution < -0.4 is 5.32 Å². The Morgan fingerprint density at radius 3 is 2.67 bits per heavy atom. The van der Waals surface area contributed by atoms with Gasteiger partial charge in [-0.05, 0) is 48.2 Å². The van der Waals surface area contributed by atoms with Crippen LogP contribution in [0.3, 0.4) is 0 Å². The first-order valence-corrected chi connectivity index (χ1v) is 7.40. The Bertz CT molecular complexity index is 732. The van der Waals surface area contributed by atoms with E-state index < -0.39 is 0 Å². The fourth-order valence-corrected chi connectivity index (χ4v) is 2.80. The summed E-state index contributed by atoms with van der Waals surface area (Å²) in [7, 11) is 2.00. The third-order valence-corrected chi connectivity index (χ3v) is 4.04. The lowest BCUT2D eigenvalue weighted by Crippen LogP contribution is -2.19. The van der Waals surface area contributed by atoms with Crippen molar-refractivity contribution in [1.82, 2.24) is 10.3 Å². The van der Waals surface area contributed by atoms with Crippen LogP contribution in [0.25, 0.3) is 10.8 Å². The molecule has 3 aromatic rings. The van der Waals surface area contributed by atoms with Gasteiger partial charge in [-0.2, -0.15) is 0 Å². The standard InChI is InChI=1S/C18H17ClN2/c1-20-18(11-13-5-7-15(19)8-6-13)17-4-2-3-14-12-21-10-9-16(14)17/h2-10,12,18,20H,11H2,1H3. The Balaban J connectivity index is 1.96. The molecule has 0 saturated heterocycles. The molecule has 2 nitrogen and oxygen atoms in total. The number of hydrogen-bond donors (Lipinski definition) is 1. The number of rotatable bonds is 4. The molecule has 1 heterocycles. The van der Waals surface area contributed by atoms with Crippen molar-refractivity contribution in [1.29, 1.82) is 0 Å². The lowest BCUT2D eigenvalue weighted by atomic mass is 9.95. The largest absolute Gasteiger partial charge is 0.313 e. The van der Waals surface area contributed by atoms with E-state index in [0.29, 0.717) is 0 Å². The van der Waals surface area contributed by atoms with Gasteiger partial charge in [0.05, 0.1) is 0 Å². The van der Waals surface area contributed by atoms with E-state index in [0.717, 1.165) is 11.4 Å². The molecule has 3 heteroatoms. The van der Waals surface area contributed by atoms with Crippen LogP contribution in [-0.2, 0) is 6.42 Å². The maximum Gasteiger partial charge on any atom is 0.0406 e. The Morgan fingerprint density at radius 2 is 1.90 bits per heavy atom. The number of likely N-dealkylation sites (N-methyl/N-ethyl adjacent to an activating group) is 1. The summed E-state index contributed by atoms with van der Waals surface area (Å²) >= 11 is 5.95. The van der Waals surface area contributed by atoms with Crippen LogP contribution in [-0.4, -0.2) is 12.0 Å². The van der Waals surface area contributed by atoms with Gasteiger partial charge in [-0.3, -0.25) is 4.98 Å². The summed E-state index contributed by atoms with van der Waals surface area (Å²) in [5.74, 6) is 0. The summed E-state index contributed by atoms with van der Waals surface area (Å²) in [6.07, 6.45) is 4.68. The molecule has 0 spiro atoms. The first kappa shape index (κ1) is 14.1. The quantitative estimate of drug-likeness (QED) is 0.772. The Hall–Kier alpha value is -1.90. The monoisotopic (exact) mass is 296 g/mol. The number of hydrogen-bond acceptors (Lipinski definition) is 2. The number of nitrogens with zero attached hydrogens (tertiary/aromatic N) is 1. The fourth-order valence-electron chi connectivity index (χ4n) is 2.68. The second-order valence-electron chi connectivity index (χ2n) is 5.12. The highest BCUT2D eigenvalue weighted by Gasteiger charge is 2.13. The van der Waals surface area contributed by atoms with Crippen LogP contribution in [0.4, 0.5) is 0 Å². The average molecular weight is 297 g/mol. The zero-order chi connectivity index (χ0) is 14.7. The molecule has 0 fully saturated rings. The van der Waals surface area contributed by atoms with Crippen LogP contribution in [0.5, 0.6) is 0 Å². The molecule has 0 saturated carbocycles. The molecule has 0 aliphatic carbocycles. The average Bonchev–Trinajstić information content (AvgIpc) is 2.54. The van der Waals surface area contributed by atoms with Crippen molar-refractivity contribution in [2.75, 3.05) is 7.05 Å². The molecular weight excluding hydrogens is 280 g/mol. The number of fused-ring (bicyclic) bond motifs is 1. The summed E-state index contributed by atoms with van der Waals surface area (Å²) in [5.41, 5.74) is 2.57. The van der Waals surface area contributed by atoms with E-state index >= 15 is 0 Å². The maximum atomic E-state index is 5.95. The lowest BCUT2D eigenvalue weighted by molar-refractivity contribution is 0.596. The van der Waals surface area contributed by atoms with Gasteiger partial charge >= 0.3 is 0 Å². The van der Waals surface area contributed by atoms with E-state index in [4.69, 9.17) is 11.6 Å². The molecule has 0 aliphatic heterocycles. The van der Waals surface area contributed by atoms with Crippen molar-refractivity contribution in [2.45, 2.75) is 12.5 Å². The van der Waals surface area contributed by atoms with Crippen molar-refractivity contribution in [2.24, 2.45) is 0 Å². The van der Waals surface area contributed by atoms with Gasteiger partial charge in [0.25, 0.3) is 0 Å². The molecule has 21 heavy (non-hydrogen) atoms. The molecular formula is C18H17ClN2. The van der Waals surface area contributed by atoms with Gasteiger partial charge in [0.1, 0.15) is 0 Å². The van der Waals surface area contributed by atoms with Crippen LogP contribution >= 0.6 is 11.6 Å². The van der Waals surface area contributed by atoms with E-state index in [2.05, 4.69) is 46.7 Å². The van der Waals surface area contributed by atoms with E-state index in [1.165, 1.54) is 21.9 Å². The number of nitrogens with one attached hydrogen (secondary N) is 1. The molecule has 0 aliphatic rings. The van der Waals surface area contributed by atoms with E-state index in [1.54, 1.807) is 0 Å². The summed E-state index contributed by atoms with van der Waals surface area (Å²) in [6.45, 7) is 0. The molecule has 0 bridgehead atoms. The molecule has 0 amide bonds. The summed E-state index contributed by atoms with van der Waals surface area (Å²) in [4.78, 5) is 4.20. The van der Waals surface area contributed by atoms with Gasteiger partial charge in [0, 0.05) is 28.8 Å².